The number of nitrogens with zero attached hydrogens (tertiary/aromatic N) is 1. The molecule has 2 aromatic carbocycles. The van der Waals surface area contributed by atoms with Crippen LogP contribution >= 0.6 is 0 Å². The SMILES string of the molecule is Cc1ccc(-c2nc(-c3ccc(C)cc3)c(F)o2)cc1. The lowest BCUT2D eigenvalue weighted by Crippen LogP contribution is -1.82. The smallest absolute Gasteiger partial charge is 0.306 e. The Morgan fingerprint density at radius 2 is 1.30 bits per heavy atom. The van der Waals surface area contributed by atoms with Gasteiger partial charge >= 0.3 is 6.01 Å². The first kappa shape index (κ1) is 12.6. The molecule has 3 heteroatoms. The highest BCUT2D eigenvalue weighted by Crippen LogP contribution is 2.28. The largest absolute Gasteiger partial charge is 0.410 e. The van der Waals surface area contributed by atoms with Gasteiger partial charge in [0.2, 0.25) is 5.89 Å². The lowest BCUT2D eigenvalue weighted by atomic mass is 10.1. The van der Waals surface area contributed by atoms with Crippen molar-refractivity contribution in [3.8, 4) is 22.7 Å². The number of oxazole rings is 1. The van der Waals surface area contributed by atoms with Crippen molar-refractivity contribution in [3.63, 3.8) is 0 Å². The molecule has 0 radical (unpaired) electrons. The maximum Gasteiger partial charge on any atom is 0.306 e. The van der Waals surface area contributed by atoms with E-state index in [1.165, 1.54) is 0 Å². The second kappa shape index (κ2) is 4.93. The van der Waals surface area contributed by atoms with E-state index in [9.17, 15) is 4.39 Å². The van der Waals surface area contributed by atoms with E-state index in [0.717, 1.165) is 22.3 Å². The summed E-state index contributed by atoms with van der Waals surface area (Å²) in [7, 11) is 0. The first-order valence-corrected chi connectivity index (χ1v) is 6.44. The van der Waals surface area contributed by atoms with E-state index >= 15 is 0 Å². The Hall–Kier alpha value is -2.42. The number of hydrogen-bond donors (Lipinski definition) is 0. The molecule has 1 aromatic heterocycles. The van der Waals surface area contributed by atoms with Crippen molar-refractivity contribution < 1.29 is 8.81 Å². The van der Waals surface area contributed by atoms with Crippen LogP contribution in [0, 0.1) is 19.9 Å². The van der Waals surface area contributed by atoms with Crippen LogP contribution in [0.4, 0.5) is 4.39 Å². The topological polar surface area (TPSA) is 26.0 Å². The van der Waals surface area contributed by atoms with Crippen LogP contribution in [0.1, 0.15) is 11.1 Å². The second-order valence-corrected chi connectivity index (χ2v) is 4.87. The molecular weight excluding hydrogens is 253 g/mol. The van der Waals surface area contributed by atoms with Crippen LogP contribution in [0.15, 0.2) is 52.9 Å². The van der Waals surface area contributed by atoms with E-state index in [1.807, 2.05) is 62.4 Å². The lowest BCUT2D eigenvalue weighted by molar-refractivity contribution is 0.368. The van der Waals surface area contributed by atoms with Crippen molar-refractivity contribution in [2.24, 2.45) is 0 Å². The van der Waals surface area contributed by atoms with Crippen molar-refractivity contribution in [1.29, 1.82) is 0 Å². The van der Waals surface area contributed by atoms with Crippen molar-refractivity contribution in [3.05, 3.63) is 65.7 Å². The van der Waals surface area contributed by atoms with Crippen LogP contribution in [0.25, 0.3) is 22.7 Å². The lowest BCUT2D eigenvalue weighted by Gasteiger charge is -1.97. The average molecular weight is 267 g/mol. The summed E-state index contributed by atoms with van der Waals surface area (Å²) in [5.74, 6) is 0.304. The molecule has 100 valence electrons. The molecule has 0 unspecified atom stereocenters. The zero-order valence-corrected chi connectivity index (χ0v) is 11.4. The summed E-state index contributed by atoms with van der Waals surface area (Å²) in [5, 5.41) is 0. The van der Waals surface area contributed by atoms with Gasteiger partial charge < -0.3 is 4.42 Å². The molecular formula is C17H14FNO. The zero-order chi connectivity index (χ0) is 14.1. The quantitative estimate of drug-likeness (QED) is 0.668. The number of aromatic nitrogens is 1. The van der Waals surface area contributed by atoms with Gasteiger partial charge in [-0.15, -0.1) is 0 Å². The summed E-state index contributed by atoms with van der Waals surface area (Å²) in [5.41, 5.74) is 4.00. The maximum atomic E-state index is 13.9. The third-order valence-corrected chi connectivity index (χ3v) is 3.21. The van der Waals surface area contributed by atoms with Gasteiger partial charge in [-0.3, -0.25) is 0 Å². The van der Waals surface area contributed by atoms with E-state index in [2.05, 4.69) is 4.98 Å². The van der Waals surface area contributed by atoms with Crippen LogP contribution in [-0.4, -0.2) is 4.98 Å². The Balaban J connectivity index is 2.02. The molecule has 20 heavy (non-hydrogen) atoms. The van der Waals surface area contributed by atoms with Crippen molar-refractivity contribution in [2.45, 2.75) is 13.8 Å². The first-order chi connectivity index (χ1) is 9.63. The number of aryl methyl sites for hydroxylation is 2. The molecule has 0 saturated carbocycles. The minimum atomic E-state index is -0.649. The highest BCUT2D eigenvalue weighted by atomic mass is 19.1. The van der Waals surface area contributed by atoms with Gasteiger partial charge in [-0.25, -0.2) is 4.98 Å². The monoisotopic (exact) mass is 267 g/mol. The van der Waals surface area contributed by atoms with Crippen molar-refractivity contribution in [2.75, 3.05) is 0 Å². The fourth-order valence-electron chi connectivity index (χ4n) is 2.01. The average Bonchev–Trinajstić information content (AvgIpc) is 2.82. The predicted octanol–water partition coefficient (Wildman–Crippen LogP) is 4.76. The molecule has 0 N–H and O–H groups in total. The van der Waals surface area contributed by atoms with E-state index in [4.69, 9.17) is 4.42 Å². The van der Waals surface area contributed by atoms with Gasteiger partial charge in [0.1, 0.15) is 5.69 Å². The molecule has 2 nitrogen and oxygen atoms in total. The Morgan fingerprint density at radius 1 is 0.800 bits per heavy atom. The van der Waals surface area contributed by atoms with E-state index < -0.39 is 6.01 Å². The van der Waals surface area contributed by atoms with Gasteiger partial charge in [-0.2, -0.15) is 4.39 Å². The van der Waals surface area contributed by atoms with Gasteiger partial charge in [-0.05, 0) is 26.0 Å². The van der Waals surface area contributed by atoms with Crippen LogP contribution in [0.3, 0.4) is 0 Å². The first-order valence-electron chi connectivity index (χ1n) is 6.44. The Labute approximate surface area is 116 Å². The summed E-state index contributed by atoms with van der Waals surface area (Å²) < 4.78 is 19.1. The van der Waals surface area contributed by atoms with Gasteiger partial charge in [-0.1, -0.05) is 47.5 Å². The summed E-state index contributed by atoms with van der Waals surface area (Å²) in [6.45, 7) is 3.98. The summed E-state index contributed by atoms with van der Waals surface area (Å²) in [6, 6.07) is 14.5. The molecule has 0 atom stereocenters. The second-order valence-electron chi connectivity index (χ2n) is 4.87. The molecule has 0 amide bonds. The zero-order valence-electron chi connectivity index (χ0n) is 11.4. The van der Waals surface area contributed by atoms with Gasteiger partial charge in [0.25, 0.3) is 0 Å². The van der Waals surface area contributed by atoms with Crippen LogP contribution < -0.4 is 0 Å². The molecule has 0 aliphatic carbocycles. The van der Waals surface area contributed by atoms with Gasteiger partial charge in [0, 0.05) is 11.1 Å². The van der Waals surface area contributed by atoms with E-state index in [1.54, 1.807) is 0 Å². The Kier molecular flexibility index (Phi) is 3.11. The normalized spacial score (nSPS) is 10.8. The van der Waals surface area contributed by atoms with Gasteiger partial charge in [0.15, 0.2) is 0 Å². The number of benzene rings is 2. The van der Waals surface area contributed by atoms with Crippen LogP contribution in [0.5, 0.6) is 0 Å². The van der Waals surface area contributed by atoms with E-state index in [-0.39, 0.29) is 5.69 Å². The fourth-order valence-corrected chi connectivity index (χ4v) is 2.01. The molecule has 0 fully saturated rings. The Bertz CT molecular complexity index is 727. The molecule has 0 bridgehead atoms. The number of hydrogen-bond acceptors (Lipinski definition) is 2. The highest BCUT2D eigenvalue weighted by molar-refractivity contribution is 5.63. The molecule has 3 rings (SSSR count). The highest BCUT2D eigenvalue weighted by Gasteiger charge is 2.15. The number of halogens is 1. The molecule has 0 saturated heterocycles. The van der Waals surface area contributed by atoms with Gasteiger partial charge in [0.05, 0.1) is 0 Å². The molecule has 3 aromatic rings. The minimum Gasteiger partial charge on any atom is -0.410 e. The molecule has 1 heterocycles. The molecule has 0 aliphatic heterocycles. The molecule has 0 spiro atoms. The van der Waals surface area contributed by atoms with Crippen LogP contribution in [-0.2, 0) is 0 Å². The third-order valence-electron chi connectivity index (χ3n) is 3.21. The predicted molar refractivity (Wildman–Crippen MR) is 76.8 cm³/mol. The van der Waals surface area contributed by atoms with E-state index in [0.29, 0.717) is 5.89 Å². The summed E-state index contributed by atoms with van der Waals surface area (Å²) >= 11 is 0. The van der Waals surface area contributed by atoms with Crippen LogP contribution in [0.2, 0.25) is 0 Å². The minimum absolute atomic E-state index is 0.251. The fraction of sp³-hybridized carbons (Fsp3) is 0.118. The summed E-state index contributed by atoms with van der Waals surface area (Å²) in [4.78, 5) is 4.27. The standard InChI is InChI=1S/C17H14FNO/c1-11-3-7-13(8-4-11)15-16(18)20-17(19-15)14-9-5-12(2)6-10-14/h3-10H,1-2H3. The van der Waals surface area contributed by atoms with Crippen molar-refractivity contribution >= 4 is 0 Å². The maximum absolute atomic E-state index is 13.9. The third kappa shape index (κ3) is 2.35. The summed E-state index contributed by atoms with van der Waals surface area (Å²) in [6.07, 6.45) is 0. The Morgan fingerprint density at radius 3 is 1.85 bits per heavy atom. The molecule has 0 aliphatic rings. The van der Waals surface area contributed by atoms with Crippen molar-refractivity contribution in [1.82, 2.24) is 4.98 Å². The number of rotatable bonds is 2.